The number of rotatable bonds is 4. The van der Waals surface area contributed by atoms with Gasteiger partial charge in [0, 0.05) is 10.9 Å². The van der Waals surface area contributed by atoms with Gasteiger partial charge in [-0.2, -0.15) is 0 Å². The highest BCUT2D eigenvalue weighted by Crippen LogP contribution is 2.24. The Morgan fingerprint density at radius 3 is 2.81 bits per heavy atom. The first-order valence-corrected chi connectivity index (χ1v) is 6.10. The van der Waals surface area contributed by atoms with Crippen LogP contribution in [-0.2, 0) is 5.60 Å². The average molecular weight is 242 g/mol. The number of thiophene rings is 1. The number of carbonyl (C=O) groups is 1. The summed E-state index contributed by atoms with van der Waals surface area (Å²) in [5.74, 6) is 0. The van der Waals surface area contributed by atoms with Gasteiger partial charge in [0.1, 0.15) is 5.60 Å². The van der Waals surface area contributed by atoms with Crippen molar-refractivity contribution in [2.45, 2.75) is 32.4 Å². The van der Waals surface area contributed by atoms with E-state index >= 15 is 0 Å². The molecule has 1 atom stereocenters. The predicted octanol–water partition coefficient (Wildman–Crippen LogP) is 1.66. The highest BCUT2D eigenvalue weighted by molar-refractivity contribution is 7.10. The molecule has 0 aliphatic heterocycles. The van der Waals surface area contributed by atoms with Crippen molar-refractivity contribution in [2.75, 3.05) is 6.54 Å². The molecule has 3 N–H and O–H groups in total. The molecule has 0 spiro atoms. The van der Waals surface area contributed by atoms with Gasteiger partial charge in [-0.3, -0.25) is 0 Å². The Bertz CT molecular complexity index is 334. The van der Waals surface area contributed by atoms with E-state index in [4.69, 9.17) is 0 Å². The molecular formula is C11H18N2O2S. The molecule has 1 unspecified atom stereocenters. The van der Waals surface area contributed by atoms with Gasteiger partial charge in [-0.15, -0.1) is 11.3 Å². The molecule has 0 saturated heterocycles. The summed E-state index contributed by atoms with van der Waals surface area (Å²) in [4.78, 5) is 12.2. The molecule has 90 valence electrons. The Labute approximate surface area is 99.7 Å². The predicted molar refractivity (Wildman–Crippen MR) is 65.6 cm³/mol. The molecule has 0 fully saturated rings. The Morgan fingerprint density at radius 2 is 2.31 bits per heavy atom. The normalized spacial score (nSPS) is 14.6. The van der Waals surface area contributed by atoms with Crippen LogP contribution in [0.2, 0.25) is 0 Å². The third-order valence-electron chi connectivity index (χ3n) is 2.06. The molecule has 16 heavy (non-hydrogen) atoms. The zero-order chi connectivity index (χ0) is 12.2. The second kappa shape index (κ2) is 5.32. The lowest BCUT2D eigenvalue weighted by molar-refractivity contribution is 0.0630. The third-order valence-corrected chi connectivity index (χ3v) is 3.19. The molecular weight excluding hydrogens is 224 g/mol. The monoisotopic (exact) mass is 242 g/mol. The van der Waals surface area contributed by atoms with Gasteiger partial charge in [0.15, 0.2) is 0 Å². The summed E-state index contributed by atoms with van der Waals surface area (Å²) >= 11 is 1.47. The van der Waals surface area contributed by atoms with E-state index in [1.807, 2.05) is 31.4 Å². The quantitative estimate of drug-likeness (QED) is 0.752. The van der Waals surface area contributed by atoms with Gasteiger partial charge in [-0.25, -0.2) is 4.79 Å². The first kappa shape index (κ1) is 13.0. The van der Waals surface area contributed by atoms with Crippen molar-refractivity contribution in [3.63, 3.8) is 0 Å². The zero-order valence-electron chi connectivity index (χ0n) is 9.78. The lowest BCUT2D eigenvalue weighted by atomic mass is 10.1. The van der Waals surface area contributed by atoms with Crippen LogP contribution in [-0.4, -0.2) is 23.7 Å². The zero-order valence-corrected chi connectivity index (χ0v) is 10.6. The van der Waals surface area contributed by atoms with Crippen molar-refractivity contribution < 1.29 is 9.90 Å². The van der Waals surface area contributed by atoms with Crippen LogP contribution in [0.5, 0.6) is 0 Å². The van der Waals surface area contributed by atoms with E-state index in [-0.39, 0.29) is 18.6 Å². The number of nitrogens with one attached hydrogen (secondary N) is 2. The number of aliphatic hydroxyl groups is 1. The molecule has 5 heteroatoms. The largest absolute Gasteiger partial charge is 0.383 e. The lowest BCUT2D eigenvalue weighted by Gasteiger charge is -2.22. The molecule has 1 rings (SSSR count). The standard InChI is InChI=1S/C11H18N2O2S/c1-8(2)13-10(14)12-7-11(3,15)9-5-4-6-16-9/h4-6,8,15H,7H2,1-3H3,(H2,12,13,14). The molecule has 2 amide bonds. The minimum absolute atomic E-state index is 0.0895. The van der Waals surface area contributed by atoms with Crippen LogP contribution in [0.3, 0.4) is 0 Å². The second-order valence-corrected chi connectivity index (χ2v) is 5.18. The summed E-state index contributed by atoms with van der Waals surface area (Å²) in [7, 11) is 0. The van der Waals surface area contributed by atoms with Crippen molar-refractivity contribution in [1.82, 2.24) is 10.6 Å². The molecule has 0 bridgehead atoms. The number of amides is 2. The minimum atomic E-state index is -1.01. The molecule has 4 nitrogen and oxygen atoms in total. The fraction of sp³-hybridized carbons (Fsp3) is 0.545. The molecule has 1 heterocycles. The van der Waals surface area contributed by atoms with Crippen molar-refractivity contribution in [2.24, 2.45) is 0 Å². The third kappa shape index (κ3) is 3.83. The van der Waals surface area contributed by atoms with E-state index in [9.17, 15) is 9.90 Å². The van der Waals surface area contributed by atoms with Crippen LogP contribution in [0, 0.1) is 0 Å². The smallest absolute Gasteiger partial charge is 0.315 e. The summed E-state index contributed by atoms with van der Waals surface area (Å²) in [6.07, 6.45) is 0. The van der Waals surface area contributed by atoms with E-state index in [1.165, 1.54) is 11.3 Å². The van der Waals surface area contributed by atoms with Crippen molar-refractivity contribution in [1.29, 1.82) is 0 Å². The van der Waals surface area contributed by atoms with Crippen molar-refractivity contribution in [3.8, 4) is 0 Å². The summed E-state index contributed by atoms with van der Waals surface area (Å²) in [5, 5.41) is 17.4. The first-order chi connectivity index (χ1) is 7.42. The van der Waals surface area contributed by atoms with E-state index in [1.54, 1.807) is 6.92 Å². The van der Waals surface area contributed by atoms with Gasteiger partial charge in [0.25, 0.3) is 0 Å². The molecule has 0 radical (unpaired) electrons. The fourth-order valence-electron chi connectivity index (χ4n) is 1.24. The van der Waals surface area contributed by atoms with Gasteiger partial charge >= 0.3 is 6.03 Å². The van der Waals surface area contributed by atoms with Crippen molar-refractivity contribution in [3.05, 3.63) is 22.4 Å². The van der Waals surface area contributed by atoms with E-state index in [0.717, 1.165) is 4.88 Å². The van der Waals surface area contributed by atoms with Crippen LogP contribution in [0.15, 0.2) is 17.5 Å². The molecule has 0 aliphatic rings. The molecule has 0 saturated carbocycles. The Kier molecular flexibility index (Phi) is 4.32. The number of urea groups is 1. The molecule has 1 aromatic heterocycles. The van der Waals surface area contributed by atoms with Crippen LogP contribution in [0.4, 0.5) is 4.79 Å². The molecule has 0 aliphatic carbocycles. The molecule has 0 aromatic carbocycles. The lowest BCUT2D eigenvalue weighted by Crippen LogP contribution is -2.45. The van der Waals surface area contributed by atoms with Crippen LogP contribution in [0.25, 0.3) is 0 Å². The Hall–Kier alpha value is -1.07. The second-order valence-electron chi connectivity index (χ2n) is 4.23. The Balaban J connectivity index is 2.45. The first-order valence-electron chi connectivity index (χ1n) is 5.22. The molecule has 1 aromatic rings. The van der Waals surface area contributed by atoms with Gasteiger partial charge in [0.05, 0.1) is 6.54 Å². The highest BCUT2D eigenvalue weighted by atomic mass is 32.1. The summed E-state index contributed by atoms with van der Waals surface area (Å²) < 4.78 is 0. The number of hydrogen-bond acceptors (Lipinski definition) is 3. The number of hydrogen-bond donors (Lipinski definition) is 3. The van der Waals surface area contributed by atoms with Gasteiger partial charge in [-0.05, 0) is 32.2 Å². The average Bonchev–Trinajstić information content (AvgIpc) is 2.67. The maximum atomic E-state index is 11.3. The van der Waals surface area contributed by atoms with Gasteiger partial charge < -0.3 is 15.7 Å². The fourth-order valence-corrected chi connectivity index (χ4v) is 2.02. The van der Waals surface area contributed by atoms with Crippen LogP contribution in [0.1, 0.15) is 25.6 Å². The number of carbonyl (C=O) groups excluding carboxylic acids is 1. The maximum absolute atomic E-state index is 11.3. The van der Waals surface area contributed by atoms with Gasteiger partial charge in [0.2, 0.25) is 0 Å². The topological polar surface area (TPSA) is 61.4 Å². The van der Waals surface area contributed by atoms with E-state index in [0.29, 0.717) is 0 Å². The van der Waals surface area contributed by atoms with E-state index < -0.39 is 5.60 Å². The summed E-state index contributed by atoms with van der Waals surface area (Å²) in [5.41, 5.74) is -1.01. The van der Waals surface area contributed by atoms with Crippen LogP contribution < -0.4 is 10.6 Å². The highest BCUT2D eigenvalue weighted by Gasteiger charge is 2.24. The van der Waals surface area contributed by atoms with Crippen molar-refractivity contribution >= 4 is 17.4 Å². The minimum Gasteiger partial charge on any atom is -0.383 e. The van der Waals surface area contributed by atoms with Gasteiger partial charge in [-0.1, -0.05) is 6.07 Å². The van der Waals surface area contributed by atoms with E-state index in [2.05, 4.69) is 10.6 Å². The summed E-state index contributed by atoms with van der Waals surface area (Å²) in [6, 6.07) is 3.56. The summed E-state index contributed by atoms with van der Waals surface area (Å²) in [6.45, 7) is 5.66. The SMILES string of the molecule is CC(C)NC(=O)NCC(C)(O)c1cccs1. The maximum Gasteiger partial charge on any atom is 0.315 e. The Morgan fingerprint density at radius 1 is 1.62 bits per heavy atom. The van der Waals surface area contributed by atoms with Crippen LogP contribution >= 0.6 is 11.3 Å².